The Kier molecular flexibility index (Phi) is 9.42. The first-order chi connectivity index (χ1) is 6.66. The van der Waals surface area contributed by atoms with E-state index in [1.807, 2.05) is 0 Å². The second-order valence-corrected chi connectivity index (χ2v) is 4.28. The van der Waals surface area contributed by atoms with Crippen molar-refractivity contribution >= 4 is 0 Å². The van der Waals surface area contributed by atoms with E-state index in [9.17, 15) is 0 Å². The van der Waals surface area contributed by atoms with Crippen LogP contribution in [0.3, 0.4) is 0 Å². The van der Waals surface area contributed by atoms with Crippen LogP contribution in [0.2, 0.25) is 0 Å². The van der Waals surface area contributed by atoms with Gasteiger partial charge in [-0.3, -0.25) is 0 Å². The molecule has 0 aromatic carbocycles. The maximum atomic E-state index is 5.49. The average Bonchev–Trinajstić information content (AvgIpc) is 2.13. The van der Waals surface area contributed by atoms with Gasteiger partial charge in [0.05, 0.1) is 6.10 Å². The van der Waals surface area contributed by atoms with Gasteiger partial charge in [0.15, 0.2) is 0 Å². The highest BCUT2D eigenvalue weighted by Crippen LogP contribution is 1.98. The van der Waals surface area contributed by atoms with E-state index in [-0.39, 0.29) is 0 Å². The van der Waals surface area contributed by atoms with Gasteiger partial charge < -0.3 is 9.64 Å². The van der Waals surface area contributed by atoms with Crippen LogP contribution < -0.4 is 0 Å². The number of hydrogen-bond donors (Lipinski definition) is 0. The third kappa shape index (κ3) is 10.0. The molecule has 86 valence electrons. The highest BCUT2D eigenvalue weighted by molar-refractivity contribution is 4.52. The van der Waals surface area contributed by atoms with Gasteiger partial charge in [0, 0.05) is 13.2 Å². The minimum atomic E-state index is 0.375. The Labute approximate surface area is 89.6 Å². The van der Waals surface area contributed by atoms with Crippen molar-refractivity contribution in [2.24, 2.45) is 0 Å². The summed E-state index contributed by atoms with van der Waals surface area (Å²) in [6.45, 7) is 9.72. The lowest BCUT2D eigenvalue weighted by atomic mass is 10.2. The smallest absolute Gasteiger partial charge is 0.0518 e. The summed E-state index contributed by atoms with van der Waals surface area (Å²) in [6.07, 6.45) is 5.52. The fourth-order valence-electron chi connectivity index (χ4n) is 1.40. The molecule has 0 aliphatic rings. The first-order valence-corrected chi connectivity index (χ1v) is 5.97. The van der Waals surface area contributed by atoms with Crippen LogP contribution in [0.4, 0.5) is 0 Å². The van der Waals surface area contributed by atoms with Gasteiger partial charge in [-0.2, -0.15) is 0 Å². The van der Waals surface area contributed by atoms with Crippen molar-refractivity contribution < 1.29 is 4.74 Å². The van der Waals surface area contributed by atoms with Crippen LogP contribution >= 0.6 is 0 Å². The molecule has 0 fully saturated rings. The number of hydrogen-bond acceptors (Lipinski definition) is 2. The van der Waals surface area contributed by atoms with E-state index < -0.39 is 0 Å². The normalized spacial score (nSPS) is 11.6. The van der Waals surface area contributed by atoms with Gasteiger partial charge in [-0.15, -0.1) is 0 Å². The van der Waals surface area contributed by atoms with Gasteiger partial charge >= 0.3 is 0 Å². The van der Waals surface area contributed by atoms with Crippen molar-refractivity contribution in [3.05, 3.63) is 0 Å². The molecule has 2 heteroatoms. The lowest BCUT2D eigenvalue weighted by molar-refractivity contribution is 0.0720. The molecule has 0 N–H and O–H groups in total. The van der Waals surface area contributed by atoms with E-state index in [4.69, 9.17) is 4.74 Å². The molecule has 0 spiro atoms. The largest absolute Gasteiger partial charge is 0.379 e. The zero-order chi connectivity index (χ0) is 10.8. The number of nitrogens with zero attached hydrogens (tertiary/aromatic N) is 1. The SMILES string of the molecule is CCCCCN(C)CCCOC(C)C. The van der Waals surface area contributed by atoms with E-state index in [1.165, 1.54) is 25.8 Å². The summed E-state index contributed by atoms with van der Waals surface area (Å²) in [5, 5.41) is 0. The lowest BCUT2D eigenvalue weighted by Crippen LogP contribution is -2.22. The molecule has 0 aliphatic heterocycles. The minimum Gasteiger partial charge on any atom is -0.379 e. The molecule has 0 aromatic rings. The van der Waals surface area contributed by atoms with Gasteiger partial charge in [-0.25, -0.2) is 0 Å². The highest BCUT2D eigenvalue weighted by atomic mass is 16.5. The predicted octanol–water partition coefficient (Wildman–Crippen LogP) is 2.92. The van der Waals surface area contributed by atoms with E-state index in [1.54, 1.807) is 0 Å². The minimum absolute atomic E-state index is 0.375. The molecule has 0 radical (unpaired) electrons. The first kappa shape index (κ1) is 13.9. The topological polar surface area (TPSA) is 12.5 Å². The molecule has 2 nitrogen and oxygen atoms in total. The molecule has 0 atom stereocenters. The molecule has 0 bridgehead atoms. The average molecular weight is 201 g/mol. The predicted molar refractivity (Wildman–Crippen MR) is 62.7 cm³/mol. The number of ether oxygens (including phenoxy) is 1. The molecular formula is C12H27NO. The Hall–Kier alpha value is -0.0800. The van der Waals surface area contributed by atoms with E-state index >= 15 is 0 Å². The summed E-state index contributed by atoms with van der Waals surface area (Å²) in [5.74, 6) is 0. The highest BCUT2D eigenvalue weighted by Gasteiger charge is 1.98. The maximum Gasteiger partial charge on any atom is 0.0518 e. The monoisotopic (exact) mass is 201 g/mol. The summed E-state index contributed by atoms with van der Waals surface area (Å²) >= 11 is 0. The van der Waals surface area contributed by atoms with E-state index in [0.29, 0.717) is 6.10 Å². The Morgan fingerprint density at radius 3 is 2.29 bits per heavy atom. The lowest BCUT2D eigenvalue weighted by Gasteiger charge is -2.16. The van der Waals surface area contributed by atoms with Crippen molar-refractivity contribution in [2.75, 3.05) is 26.7 Å². The van der Waals surface area contributed by atoms with E-state index in [2.05, 4.69) is 32.7 Å². The third-order valence-corrected chi connectivity index (χ3v) is 2.28. The van der Waals surface area contributed by atoms with Crippen molar-refractivity contribution in [1.82, 2.24) is 4.90 Å². The quantitative estimate of drug-likeness (QED) is 0.532. The zero-order valence-electron chi connectivity index (χ0n) is 10.4. The summed E-state index contributed by atoms with van der Waals surface area (Å²) in [7, 11) is 2.20. The molecule has 0 unspecified atom stereocenters. The molecule has 0 saturated carbocycles. The van der Waals surface area contributed by atoms with Crippen LogP contribution in [-0.2, 0) is 4.74 Å². The van der Waals surface area contributed by atoms with Crippen molar-refractivity contribution in [3.8, 4) is 0 Å². The van der Waals surface area contributed by atoms with Crippen LogP contribution in [0.15, 0.2) is 0 Å². The molecule has 0 rings (SSSR count). The van der Waals surface area contributed by atoms with Gasteiger partial charge in [-0.1, -0.05) is 19.8 Å². The first-order valence-electron chi connectivity index (χ1n) is 5.97. The molecule has 0 aliphatic carbocycles. The van der Waals surface area contributed by atoms with Gasteiger partial charge in [0.25, 0.3) is 0 Å². The second-order valence-electron chi connectivity index (χ2n) is 4.28. The molecule has 14 heavy (non-hydrogen) atoms. The molecule has 0 amide bonds. The molecule has 0 saturated heterocycles. The Morgan fingerprint density at radius 2 is 1.71 bits per heavy atom. The van der Waals surface area contributed by atoms with Gasteiger partial charge in [-0.05, 0) is 40.3 Å². The fraction of sp³-hybridized carbons (Fsp3) is 1.00. The van der Waals surface area contributed by atoms with Crippen molar-refractivity contribution in [2.45, 2.75) is 52.6 Å². The summed E-state index contributed by atoms with van der Waals surface area (Å²) < 4.78 is 5.49. The van der Waals surface area contributed by atoms with Gasteiger partial charge in [0.1, 0.15) is 0 Å². The fourth-order valence-corrected chi connectivity index (χ4v) is 1.40. The second kappa shape index (κ2) is 9.47. The van der Waals surface area contributed by atoms with Gasteiger partial charge in [0.2, 0.25) is 0 Å². The third-order valence-electron chi connectivity index (χ3n) is 2.28. The van der Waals surface area contributed by atoms with Crippen molar-refractivity contribution in [3.63, 3.8) is 0 Å². The summed E-state index contributed by atoms with van der Waals surface area (Å²) in [6, 6.07) is 0. The van der Waals surface area contributed by atoms with E-state index in [0.717, 1.165) is 19.6 Å². The summed E-state index contributed by atoms with van der Waals surface area (Å²) in [5.41, 5.74) is 0. The number of unbranched alkanes of at least 4 members (excludes halogenated alkanes) is 2. The molecular weight excluding hydrogens is 174 g/mol. The standard InChI is InChI=1S/C12H27NO/c1-5-6-7-9-13(4)10-8-11-14-12(2)3/h12H,5-11H2,1-4H3. The van der Waals surface area contributed by atoms with Crippen LogP contribution in [0.25, 0.3) is 0 Å². The number of rotatable bonds is 9. The van der Waals surface area contributed by atoms with Crippen molar-refractivity contribution in [1.29, 1.82) is 0 Å². The molecule has 0 aromatic heterocycles. The Bertz CT molecular complexity index is 115. The van der Waals surface area contributed by atoms with Crippen LogP contribution in [0, 0.1) is 0 Å². The molecule has 0 heterocycles. The summed E-state index contributed by atoms with van der Waals surface area (Å²) in [4.78, 5) is 2.40. The Morgan fingerprint density at radius 1 is 1.07 bits per heavy atom. The maximum absolute atomic E-state index is 5.49. The van der Waals surface area contributed by atoms with Crippen LogP contribution in [-0.4, -0.2) is 37.7 Å². The zero-order valence-corrected chi connectivity index (χ0v) is 10.4. The van der Waals surface area contributed by atoms with Crippen LogP contribution in [0.1, 0.15) is 46.5 Å². The van der Waals surface area contributed by atoms with Crippen LogP contribution in [0.5, 0.6) is 0 Å². The Balaban J connectivity index is 3.14.